The van der Waals surface area contributed by atoms with E-state index in [9.17, 15) is 0 Å². The molecule has 0 aromatic heterocycles. The first-order valence-electron chi connectivity index (χ1n) is 3.14. The Kier molecular flexibility index (Phi) is 4.38. The Balaban J connectivity index is 3.35. The molecule has 0 bridgehead atoms. The van der Waals surface area contributed by atoms with Gasteiger partial charge in [-0.2, -0.15) is 0 Å². The van der Waals surface area contributed by atoms with E-state index in [4.69, 9.17) is 0 Å². The van der Waals surface area contributed by atoms with Gasteiger partial charge in [0.1, 0.15) is 0 Å². The normalized spacial score (nSPS) is 11.2. The molecule has 0 aliphatic carbocycles. The van der Waals surface area contributed by atoms with Crippen LogP contribution in [0.4, 0.5) is 0 Å². The largest absolute Gasteiger partial charge is 0.253 e. The Morgan fingerprint density at radius 1 is 1.38 bits per heavy atom. The fraction of sp³-hybridized carbons (Fsp3) is 1.00. The highest BCUT2D eigenvalue weighted by molar-refractivity contribution is 7.77. The van der Waals surface area contributed by atoms with Gasteiger partial charge in [0.25, 0.3) is 0 Å². The van der Waals surface area contributed by atoms with Gasteiger partial charge in [0.15, 0.2) is 0 Å². The first kappa shape index (κ1) is 8.31. The maximum Gasteiger partial charge on any atom is 0.0191 e. The standard InChI is InChI=1S/C6H15NS/c1-4-6(5-2)7(3)8/h6,8H,4-5H2,1-3H3. The molecule has 0 aliphatic rings. The minimum absolute atomic E-state index is 0.651. The van der Waals surface area contributed by atoms with Gasteiger partial charge in [-0.1, -0.05) is 26.7 Å². The minimum Gasteiger partial charge on any atom is -0.253 e. The minimum atomic E-state index is 0.651. The third kappa shape index (κ3) is 2.58. The Bertz CT molecular complexity index is 50.5. The van der Waals surface area contributed by atoms with Crippen LogP contribution in [0.3, 0.4) is 0 Å². The van der Waals surface area contributed by atoms with E-state index in [2.05, 4.69) is 26.7 Å². The van der Waals surface area contributed by atoms with Crippen LogP contribution in [0.2, 0.25) is 0 Å². The molecule has 50 valence electrons. The Hall–Kier alpha value is 0.310. The Morgan fingerprint density at radius 3 is 1.75 bits per heavy atom. The van der Waals surface area contributed by atoms with Gasteiger partial charge in [-0.15, -0.1) is 0 Å². The third-order valence-electron chi connectivity index (χ3n) is 1.47. The molecule has 0 aromatic carbocycles. The SMILES string of the molecule is CCC(CC)N(C)S. The first-order chi connectivity index (χ1) is 3.72. The zero-order valence-corrected chi connectivity index (χ0v) is 6.78. The smallest absolute Gasteiger partial charge is 0.0191 e. The van der Waals surface area contributed by atoms with Crippen LogP contribution in [0.1, 0.15) is 26.7 Å². The van der Waals surface area contributed by atoms with E-state index in [1.54, 1.807) is 0 Å². The molecule has 0 radical (unpaired) electrons. The van der Waals surface area contributed by atoms with Crippen molar-refractivity contribution in [1.82, 2.24) is 4.31 Å². The molecule has 0 unspecified atom stereocenters. The molecule has 0 atom stereocenters. The molecule has 0 saturated carbocycles. The number of hydrogen-bond acceptors (Lipinski definition) is 2. The van der Waals surface area contributed by atoms with E-state index in [1.165, 1.54) is 12.8 Å². The van der Waals surface area contributed by atoms with Crippen molar-refractivity contribution in [3.8, 4) is 0 Å². The lowest BCUT2D eigenvalue weighted by Crippen LogP contribution is -2.21. The van der Waals surface area contributed by atoms with Crippen molar-refractivity contribution < 1.29 is 0 Å². The maximum atomic E-state index is 4.19. The summed E-state index contributed by atoms with van der Waals surface area (Å²) in [5, 5.41) is 0. The van der Waals surface area contributed by atoms with Gasteiger partial charge in [0.2, 0.25) is 0 Å². The highest BCUT2D eigenvalue weighted by atomic mass is 32.1. The fourth-order valence-electron chi connectivity index (χ4n) is 0.817. The summed E-state index contributed by atoms with van der Waals surface area (Å²) in [6.07, 6.45) is 2.38. The van der Waals surface area contributed by atoms with E-state index in [0.29, 0.717) is 6.04 Å². The number of hydrogen-bond donors (Lipinski definition) is 1. The van der Waals surface area contributed by atoms with Crippen LogP contribution >= 0.6 is 12.8 Å². The molecule has 8 heavy (non-hydrogen) atoms. The van der Waals surface area contributed by atoms with Crippen molar-refractivity contribution in [1.29, 1.82) is 0 Å². The molecule has 0 N–H and O–H groups in total. The predicted octanol–water partition coefficient (Wildman–Crippen LogP) is 1.95. The highest BCUT2D eigenvalue weighted by Gasteiger charge is 2.03. The monoisotopic (exact) mass is 133 g/mol. The average Bonchev–Trinajstić information content (AvgIpc) is 1.69. The van der Waals surface area contributed by atoms with Crippen LogP contribution in [0.15, 0.2) is 0 Å². The van der Waals surface area contributed by atoms with Gasteiger partial charge in [0, 0.05) is 6.04 Å². The lowest BCUT2D eigenvalue weighted by Gasteiger charge is -2.18. The summed E-state index contributed by atoms with van der Waals surface area (Å²) in [6, 6.07) is 0.651. The molecule has 0 aromatic rings. The molecule has 0 rings (SSSR count). The van der Waals surface area contributed by atoms with Crippen molar-refractivity contribution in [3.05, 3.63) is 0 Å². The summed E-state index contributed by atoms with van der Waals surface area (Å²) in [6.45, 7) is 4.36. The zero-order valence-electron chi connectivity index (χ0n) is 5.89. The van der Waals surface area contributed by atoms with Crippen LogP contribution < -0.4 is 0 Å². The number of thiol groups is 1. The predicted molar refractivity (Wildman–Crippen MR) is 41.1 cm³/mol. The van der Waals surface area contributed by atoms with Crippen LogP contribution in [-0.2, 0) is 0 Å². The van der Waals surface area contributed by atoms with E-state index < -0.39 is 0 Å². The van der Waals surface area contributed by atoms with Crippen molar-refractivity contribution in [2.75, 3.05) is 7.05 Å². The van der Waals surface area contributed by atoms with Crippen molar-refractivity contribution >= 4 is 12.8 Å². The molecular weight excluding hydrogens is 118 g/mol. The second-order valence-electron chi connectivity index (χ2n) is 2.04. The van der Waals surface area contributed by atoms with Crippen molar-refractivity contribution in [3.63, 3.8) is 0 Å². The molecule has 0 heterocycles. The first-order valence-corrected chi connectivity index (χ1v) is 3.54. The van der Waals surface area contributed by atoms with Crippen LogP contribution in [0, 0.1) is 0 Å². The topological polar surface area (TPSA) is 3.24 Å². The van der Waals surface area contributed by atoms with Crippen LogP contribution in [0.25, 0.3) is 0 Å². The Labute approximate surface area is 57.6 Å². The zero-order chi connectivity index (χ0) is 6.57. The van der Waals surface area contributed by atoms with Gasteiger partial charge < -0.3 is 0 Å². The van der Waals surface area contributed by atoms with E-state index in [-0.39, 0.29) is 0 Å². The molecule has 0 spiro atoms. The summed E-state index contributed by atoms with van der Waals surface area (Å²) in [5.41, 5.74) is 0. The fourth-order valence-corrected chi connectivity index (χ4v) is 1.14. The third-order valence-corrected chi connectivity index (χ3v) is 1.80. The maximum absolute atomic E-state index is 4.19. The van der Waals surface area contributed by atoms with Gasteiger partial charge in [-0.25, -0.2) is 0 Å². The quantitative estimate of drug-likeness (QED) is 0.576. The summed E-state index contributed by atoms with van der Waals surface area (Å²) >= 11 is 4.19. The lowest BCUT2D eigenvalue weighted by molar-refractivity contribution is 0.389. The molecule has 0 saturated heterocycles. The molecule has 0 fully saturated rings. The summed E-state index contributed by atoms with van der Waals surface area (Å²) in [5.74, 6) is 0. The number of rotatable bonds is 3. The molecule has 0 amide bonds. The van der Waals surface area contributed by atoms with Gasteiger partial charge >= 0.3 is 0 Å². The van der Waals surface area contributed by atoms with Gasteiger partial charge in [-0.05, 0) is 19.9 Å². The van der Waals surface area contributed by atoms with E-state index >= 15 is 0 Å². The molecule has 1 nitrogen and oxygen atoms in total. The summed E-state index contributed by atoms with van der Waals surface area (Å²) < 4.78 is 1.97. The van der Waals surface area contributed by atoms with Crippen molar-refractivity contribution in [2.45, 2.75) is 32.7 Å². The lowest BCUT2D eigenvalue weighted by atomic mass is 10.2. The number of nitrogens with zero attached hydrogens (tertiary/aromatic N) is 1. The molecule has 0 aliphatic heterocycles. The average molecular weight is 133 g/mol. The second kappa shape index (κ2) is 4.21. The van der Waals surface area contributed by atoms with Crippen LogP contribution in [-0.4, -0.2) is 17.4 Å². The second-order valence-corrected chi connectivity index (χ2v) is 2.67. The highest BCUT2D eigenvalue weighted by Crippen LogP contribution is 2.06. The van der Waals surface area contributed by atoms with E-state index in [0.717, 1.165) is 0 Å². The summed E-state index contributed by atoms with van der Waals surface area (Å²) in [4.78, 5) is 0. The Morgan fingerprint density at radius 2 is 1.75 bits per heavy atom. The molecule has 2 heteroatoms. The van der Waals surface area contributed by atoms with Crippen LogP contribution in [0.5, 0.6) is 0 Å². The van der Waals surface area contributed by atoms with Crippen molar-refractivity contribution in [2.24, 2.45) is 0 Å². The summed E-state index contributed by atoms with van der Waals surface area (Å²) in [7, 11) is 2.00. The van der Waals surface area contributed by atoms with Gasteiger partial charge in [-0.3, -0.25) is 4.31 Å². The molecular formula is C6H15NS. The van der Waals surface area contributed by atoms with E-state index in [1.807, 2.05) is 11.4 Å². The van der Waals surface area contributed by atoms with Gasteiger partial charge in [0.05, 0.1) is 0 Å².